The molecule has 3 heteroatoms. The lowest BCUT2D eigenvalue weighted by atomic mass is 10.1. The maximum Gasteiger partial charge on any atom is 0.115 e. The average Bonchev–Trinajstić information content (AvgIpc) is 2.18. The van der Waals surface area contributed by atoms with Crippen LogP contribution in [0.1, 0.15) is 18.9 Å². The van der Waals surface area contributed by atoms with E-state index in [1.807, 2.05) is 12.1 Å². The van der Waals surface area contributed by atoms with Gasteiger partial charge in [-0.05, 0) is 44.6 Å². The molecule has 1 aromatic rings. The van der Waals surface area contributed by atoms with E-state index in [1.54, 1.807) is 12.1 Å². The fourth-order valence-corrected chi connectivity index (χ4v) is 1.56. The first-order valence-electron chi connectivity index (χ1n) is 5.31. The molecule has 0 saturated heterocycles. The lowest BCUT2D eigenvalue weighted by Gasteiger charge is -2.24. The van der Waals surface area contributed by atoms with E-state index in [-0.39, 0.29) is 0 Å². The highest BCUT2D eigenvalue weighted by Gasteiger charge is 2.08. The number of nitrogens with zero attached hydrogens (tertiary/aromatic N) is 1. The molecule has 0 aliphatic heterocycles. The van der Waals surface area contributed by atoms with Crippen LogP contribution in [0.2, 0.25) is 0 Å². The van der Waals surface area contributed by atoms with Gasteiger partial charge in [-0.2, -0.15) is 0 Å². The number of aromatic hydroxyl groups is 1. The molecule has 0 saturated carbocycles. The van der Waals surface area contributed by atoms with Crippen molar-refractivity contribution in [3.05, 3.63) is 29.8 Å². The number of hydrogen-bond donors (Lipinski definition) is 2. The van der Waals surface area contributed by atoms with Gasteiger partial charge in [0, 0.05) is 12.6 Å². The molecule has 0 aromatic heterocycles. The molecule has 0 bridgehead atoms. The lowest BCUT2D eigenvalue weighted by Crippen LogP contribution is -2.30. The Labute approximate surface area is 91.5 Å². The summed E-state index contributed by atoms with van der Waals surface area (Å²) in [5, 5.41) is 9.33. The summed E-state index contributed by atoms with van der Waals surface area (Å²) in [6.07, 6.45) is 0.995. The molecule has 0 aliphatic carbocycles. The number of hydrogen-bond acceptors (Lipinski definition) is 3. The number of benzene rings is 1. The minimum atomic E-state index is 0.326. The van der Waals surface area contributed by atoms with Crippen LogP contribution in [0.3, 0.4) is 0 Å². The van der Waals surface area contributed by atoms with E-state index in [0.717, 1.165) is 18.5 Å². The molecule has 0 radical (unpaired) electrons. The Morgan fingerprint density at radius 3 is 2.80 bits per heavy atom. The van der Waals surface area contributed by atoms with E-state index >= 15 is 0 Å². The smallest absolute Gasteiger partial charge is 0.115 e. The highest BCUT2D eigenvalue weighted by Crippen LogP contribution is 2.13. The van der Waals surface area contributed by atoms with Crippen LogP contribution in [0.5, 0.6) is 5.75 Å². The highest BCUT2D eigenvalue weighted by atomic mass is 16.3. The third-order valence-electron chi connectivity index (χ3n) is 2.68. The van der Waals surface area contributed by atoms with Crippen LogP contribution in [0.15, 0.2) is 24.3 Å². The van der Waals surface area contributed by atoms with Gasteiger partial charge in [0.25, 0.3) is 0 Å². The zero-order valence-electron chi connectivity index (χ0n) is 9.48. The summed E-state index contributed by atoms with van der Waals surface area (Å²) in [5.41, 5.74) is 6.64. The van der Waals surface area contributed by atoms with Gasteiger partial charge in [0.2, 0.25) is 0 Å². The van der Waals surface area contributed by atoms with Crippen LogP contribution in [-0.2, 0) is 6.54 Å². The van der Waals surface area contributed by atoms with Crippen LogP contribution in [0.25, 0.3) is 0 Å². The van der Waals surface area contributed by atoms with E-state index < -0.39 is 0 Å². The molecule has 0 spiro atoms. The monoisotopic (exact) mass is 208 g/mol. The molecule has 0 amide bonds. The topological polar surface area (TPSA) is 49.5 Å². The van der Waals surface area contributed by atoms with Gasteiger partial charge in [-0.1, -0.05) is 12.1 Å². The Kier molecular flexibility index (Phi) is 4.59. The van der Waals surface area contributed by atoms with Crippen molar-refractivity contribution in [1.82, 2.24) is 4.90 Å². The van der Waals surface area contributed by atoms with Gasteiger partial charge in [0.05, 0.1) is 0 Å². The molecule has 1 atom stereocenters. The van der Waals surface area contributed by atoms with Crippen LogP contribution in [-0.4, -0.2) is 29.6 Å². The van der Waals surface area contributed by atoms with Crippen molar-refractivity contribution >= 4 is 0 Å². The highest BCUT2D eigenvalue weighted by molar-refractivity contribution is 5.26. The fraction of sp³-hybridized carbons (Fsp3) is 0.500. The predicted molar refractivity (Wildman–Crippen MR) is 62.7 cm³/mol. The second-order valence-corrected chi connectivity index (χ2v) is 4.01. The number of nitrogens with two attached hydrogens (primary N) is 1. The second-order valence-electron chi connectivity index (χ2n) is 4.01. The van der Waals surface area contributed by atoms with Crippen molar-refractivity contribution in [3.63, 3.8) is 0 Å². The molecule has 1 aromatic carbocycles. The zero-order valence-corrected chi connectivity index (χ0v) is 9.48. The summed E-state index contributed by atoms with van der Waals surface area (Å²) in [7, 11) is 2.07. The summed E-state index contributed by atoms with van der Waals surface area (Å²) >= 11 is 0. The standard InChI is InChI=1S/C12H20N2O/c1-10(6-7-13)14(2)9-11-4-3-5-12(15)8-11/h3-5,8,10,15H,6-7,9,13H2,1-2H3. The van der Waals surface area contributed by atoms with Crippen molar-refractivity contribution in [2.75, 3.05) is 13.6 Å². The van der Waals surface area contributed by atoms with E-state index in [0.29, 0.717) is 18.3 Å². The van der Waals surface area contributed by atoms with Gasteiger partial charge in [0.15, 0.2) is 0 Å². The van der Waals surface area contributed by atoms with Crippen LogP contribution >= 0.6 is 0 Å². The summed E-state index contributed by atoms with van der Waals surface area (Å²) in [5.74, 6) is 0.326. The molecule has 3 N–H and O–H groups in total. The largest absolute Gasteiger partial charge is 0.508 e. The minimum absolute atomic E-state index is 0.326. The zero-order chi connectivity index (χ0) is 11.3. The van der Waals surface area contributed by atoms with Crippen molar-refractivity contribution in [3.8, 4) is 5.75 Å². The molecule has 15 heavy (non-hydrogen) atoms. The molecular weight excluding hydrogens is 188 g/mol. The van der Waals surface area contributed by atoms with E-state index in [2.05, 4.69) is 18.9 Å². The summed E-state index contributed by atoms with van der Waals surface area (Å²) < 4.78 is 0. The predicted octanol–water partition coefficient (Wildman–Crippen LogP) is 1.56. The Morgan fingerprint density at radius 2 is 2.20 bits per heavy atom. The Hall–Kier alpha value is -1.06. The van der Waals surface area contributed by atoms with Crippen LogP contribution in [0.4, 0.5) is 0 Å². The lowest BCUT2D eigenvalue weighted by molar-refractivity contribution is 0.240. The molecule has 0 heterocycles. The van der Waals surface area contributed by atoms with Crippen molar-refractivity contribution in [2.24, 2.45) is 5.73 Å². The average molecular weight is 208 g/mol. The Bertz CT molecular complexity index is 301. The molecular formula is C12H20N2O. The first-order valence-corrected chi connectivity index (χ1v) is 5.31. The van der Waals surface area contributed by atoms with E-state index in [9.17, 15) is 5.11 Å². The summed E-state index contributed by atoms with van der Waals surface area (Å²) in [6.45, 7) is 3.72. The maximum atomic E-state index is 9.33. The second kappa shape index (κ2) is 5.73. The number of phenols is 1. The van der Waals surface area contributed by atoms with Crippen molar-refractivity contribution in [1.29, 1.82) is 0 Å². The van der Waals surface area contributed by atoms with Gasteiger partial charge in [-0.25, -0.2) is 0 Å². The van der Waals surface area contributed by atoms with Gasteiger partial charge in [-0.15, -0.1) is 0 Å². The minimum Gasteiger partial charge on any atom is -0.508 e. The number of rotatable bonds is 5. The summed E-state index contributed by atoms with van der Waals surface area (Å²) in [6, 6.07) is 7.84. The van der Waals surface area contributed by atoms with Gasteiger partial charge in [0.1, 0.15) is 5.75 Å². The molecule has 3 nitrogen and oxygen atoms in total. The third-order valence-corrected chi connectivity index (χ3v) is 2.68. The Morgan fingerprint density at radius 1 is 1.47 bits per heavy atom. The molecule has 0 aliphatic rings. The molecule has 1 rings (SSSR count). The van der Waals surface area contributed by atoms with Gasteiger partial charge in [-0.3, -0.25) is 4.90 Å². The van der Waals surface area contributed by atoms with Crippen LogP contribution < -0.4 is 5.73 Å². The summed E-state index contributed by atoms with van der Waals surface area (Å²) in [4.78, 5) is 2.24. The maximum absolute atomic E-state index is 9.33. The first kappa shape index (κ1) is 12.0. The molecule has 0 fully saturated rings. The Balaban J connectivity index is 2.54. The van der Waals surface area contributed by atoms with Gasteiger partial charge >= 0.3 is 0 Å². The quantitative estimate of drug-likeness (QED) is 0.772. The molecule has 84 valence electrons. The van der Waals surface area contributed by atoms with E-state index in [4.69, 9.17) is 5.73 Å². The SMILES string of the molecule is CC(CCN)N(C)Cc1cccc(O)c1. The van der Waals surface area contributed by atoms with Crippen LogP contribution in [0, 0.1) is 0 Å². The van der Waals surface area contributed by atoms with Crippen molar-refractivity contribution in [2.45, 2.75) is 25.9 Å². The van der Waals surface area contributed by atoms with Crippen molar-refractivity contribution < 1.29 is 5.11 Å². The van der Waals surface area contributed by atoms with E-state index in [1.165, 1.54) is 0 Å². The third kappa shape index (κ3) is 3.90. The fourth-order valence-electron chi connectivity index (χ4n) is 1.56. The first-order chi connectivity index (χ1) is 7.13. The number of phenolic OH excluding ortho intramolecular Hbond substituents is 1. The van der Waals surface area contributed by atoms with Gasteiger partial charge < -0.3 is 10.8 Å². The normalized spacial score (nSPS) is 13.1. The molecule has 1 unspecified atom stereocenters.